The molecule has 1 saturated carbocycles. The van der Waals surface area contributed by atoms with E-state index in [0.29, 0.717) is 18.4 Å². The standard InChI is InChI=1S/C9H16O/c1-7-4-3-5-8(2)9(7)6-10/h8-10H,1,3-6H2,2H3/t8-,9-/m1/s1. The van der Waals surface area contributed by atoms with Crippen molar-refractivity contribution >= 4 is 0 Å². The SMILES string of the molecule is C=C1CCC[C@@H](C)[C@@H]1CO. The van der Waals surface area contributed by atoms with Crippen LogP contribution in [0.1, 0.15) is 26.2 Å². The molecule has 1 aliphatic rings. The fourth-order valence-electron chi connectivity index (χ4n) is 1.75. The lowest BCUT2D eigenvalue weighted by Gasteiger charge is -2.29. The van der Waals surface area contributed by atoms with E-state index in [1.54, 1.807) is 0 Å². The minimum absolute atomic E-state index is 0.292. The Bertz CT molecular complexity index is 129. The molecule has 0 bridgehead atoms. The van der Waals surface area contributed by atoms with Crippen LogP contribution in [0.2, 0.25) is 0 Å². The molecule has 2 atom stereocenters. The van der Waals surface area contributed by atoms with Crippen LogP contribution in [0.15, 0.2) is 12.2 Å². The van der Waals surface area contributed by atoms with Gasteiger partial charge in [-0.05, 0) is 25.2 Å². The summed E-state index contributed by atoms with van der Waals surface area (Å²) in [5.74, 6) is 1.03. The molecular weight excluding hydrogens is 124 g/mol. The van der Waals surface area contributed by atoms with Gasteiger partial charge in [0.25, 0.3) is 0 Å². The van der Waals surface area contributed by atoms with Gasteiger partial charge in [0.2, 0.25) is 0 Å². The fourth-order valence-corrected chi connectivity index (χ4v) is 1.75. The first-order valence-corrected chi connectivity index (χ1v) is 4.04. The number of aliphatic hydroxyl groups excluding tert-OH is 1. The van der Waals surface area contributed by atoms with Crippen LogP contribution in [-0.4, -0.2) is 11.7 Å². The maximum Gasteiger partial charge on any atom is 0.0498 e. The van der Waals surface area contributed by atoms with Crippen molar-refractivity contribution in [2.45, 2.75) is 26.2 Å². The van der Waals surface area contributed by atoms with Crippen LogP contribution in [0.5, 0.6) is 0 Å². The van der Waals surface area contributed by atoms with Gasteiger partial charge in [0.1, 0.15) is 0 Å². The van der Waals surface area contributed by atoms with Crippen LogP contribution < -0.4 is 0 Å². The third-order valence-electron chi connectivity index (χ3n) is 2.57. The van der Waals surface area contributed by atoms with Crippen LogP contribution in [0.4, 0.5) is 0 Å². The highest BCUT2D eigenvalue weighted by Crippen LogP contribution is 2.32. The van der Waals surface area contributed by atoms with Gasteiger partial charge in [-0.3, -0.25) is 0 Å². The van der Waals surface area contributed by atoms with Crippen molar-refractivity contribution in [3.63, 3.8) is 0 Å². The second kappa shape index (κ2) is 3.20. The number of hydrogen-bond acceptors (Lipinski definition) is 1. The fraction of sp³-hybridized carbons (Fsp3) is 0.778. The molecule has 1 rings (SSSR count). The van der Waals surface area contributed by atoms with E-state index < -0.39 is 0 Å². The van der Waals surface area contributed by atoms with E-state index in [-0.39, 0.29) is 0 Å². The molecule has 1 nitrogen and oxygen atoms in total. The van der Waals surface area contributed by atoms with Crippen molar-refractivity contribution in [1.82, 2.24) is 0 Å². The highest BCUT2D eigenvalue weighted by Gasteiger charge is 2.22. The molecule has 0 aromatic heterocycles. The molecule has 0 unspecified atom stereocenters. The Labute approximate surface area is 62.8 Å². The van der Waals surface area contributed by atoms with Crippen molar-refractivity contribution < 1.29 is 5.11 Å². The lowest BCUT2D eigenvalue weighted by molar-refractivity contribution is 0.184. The Hall–Kier alpha value is -0.300. The zero-order valence-electron chi connectivity index (χ0n) is 6.64. The van der Waals surface area contributed by atoms with Crippen LogP contribution in [0, 0.1) is 11.8 Å². The third kappa shape index (κ3) is 1.40. The third-order valence-corrected chi connectivity index (χ3v) is 2.57. The first-order chi connectivity index (χ1) is 4.75. The average Bonchev–Trinajstić information content (AvgIpc) is 1.88. The second-order valence-corrected chi connectivity index (χ2v) is 3.32. The van der Waals surface area contributed by atoms with E-state index in [2.05, 4.69) is 13.5 Å². The van der Waals surface area contributed by atoms with Crippen LogP contribution in [-0.2, 0) is 0 Å². The molecule has 0 amide bonds. The van der Waals surface area contributed by atoms with Gasteiger partial charge in [0, 0.05) is 12.5 Å². The minimum Gasteiger partial charge on any atom is -0.396 e. The monoisotopic (exact) mass is 140 g/mol. The molecule has 1 heteroatoms. The largest absolute Gasteiger partial charge is 0.396 e. The predicted octanol–water partition coefficient (Wildman–Crippen LogP) is 1.97. The molecule has 0 radical (unpaired) electrons. The van der Waals surface area contributed by atoms with E-state index in [1.807, 2.05) is 0 Å². The number of hydrogen-bond donors (Lipinski definition) is 1. The topological polar surface area (TPSA) is 20.2 Å². The summed E-state index contributed by atoms with van der Waals surface area (Å²) in [6.45, 7) is 6.45. The van der Waals surface area contributed by atoms with Gasteiger partial charge in [-0.1, -0.05) is 19.1 Å². The summed E-state index contributed by atoms with van der Waals surface area (Å²) in [5, 5.41) is 8.97. The Morgan fingerprint density at radius 1 is 1.70 bits per heavy atom. The normalized spacial score (nSPS) is 34.4. The summed E-state index contributed by atoms with van der Waals surface area (Å²) in [4.78, 5) is 0. The predicted molar refractivity (Wildman–Crippen MR) is 42.7 cm³/mol. The Morgan fingerprint density at radius 3 is 2.80 bits per heavy atom. The van der Waals surface area contributed by atoms with Crippen molar-refractivity contribution in [3.8, 4) is 0 Å². The number of rotatable bonds is 1. The second-order valence-electron chi connectivity index (χ2n) is 3.32. The molecule has 0 aromatic rings. The Balaban J connectivity index is 2.53. The van der Waals surface area contributed by atoms with Crippen LogP contribution in [0.25, 0.3) is 0 Å². The molecule has 1 fully saturated rings. The van der Waals surface area contributed by atoms with Gasteiger partial charge in [0.15, 0.2) is 0 Å². The Kier molecular flexibility index (Phi) is 2.50. The highest BCUT2D eigenvalue weighted by molar-refractivity contribution is 5.05. The van der Waals surface area contributed by atoms with Crippen molar-refractivity contribution in [3.05, 3.63) is 12.2 Å². The quantitative estimate of drug-likeness (QED) is 0.552. The zero-order chi connectivity index (χ0) is 7.56. The molecule has 0 aliphatic heterocycles. The summed E-state index contributed by atoms with van der Waals surface area (Å²) < 4.78 is 0. The summed E-state index contributed by atoms with van der Waals surface area (Å²) >= 11 is 0. The molecule has 1 aliphatic carbocycles. The van der Waals surface area contributed by atoms with Crippen LogP contribution in [0.3, 0.4) is 0 Å². The van der Waals surface area contributed by atoms with E-state index in [0.717, 1.165) is 6.42 Å². The first-order valence-electron chi connectivity index (χ1n) is 4.04. The lowest BCUT2D eigenvalue weighted by Crippen LogP contribution is -2.21. The van der Waals surface area contributed by atoms with Gasteiger partial charge < -0.3 is 5.11 Å². The van der Waals surface area contributed by atoms with Gasteiger partial charge in [-0.2, -0.15) is 0 Å². The molecule has 0 heterocycles. The average molecular weight is 140 g/mol. The molecule has 58 valence electrons. The first kappa shape index (κ1) is 7.80. The molecule has 10 heavy (non-hydrogen) atoms. The van der Waals surface area contributed by atoms with E-state index in [9.17, 15) is 0 Å². The van der Waals surface area contributed by atoms with Gasteiger partial charge in [0.05, 0.1) is 0 Å². The van der Waals surface area contributed by atoms with Crippen molar-refractivity contribution in [1.29, 1.82) is 0 Å². The minimum atomic E-state index is 0.292. The smallest absolute Gasteiger partial charge is 0.0498 e. The molecule has 0 spiro atoms. The van der Waals surface area contributed by atoms with E-state index in [4.69, 9.17) is 5.11 Å². The van der Waals surface area contributed by atoms with E-state index in [1.165, 1.54) is 18.4 Å². The number of aliphatic hydroxyl groups is 1. The Morgan fingerprint density at radius 2 is 2.40 bits per heavy atom. The summed E-state index contributed by atoms with van der Waals surface area (Å²) in [5.41, 5.74) is 1.25. The molecule has 0 aromatic carbocycles. The molecular formula is C9H16O. The summed E-state index contributed by atoms with van der Waals surface area (Å²) in [6, 6.07) is 0. The van der Waals surface area contributed by atoms with Crippen LogP contribution >= 0.6 is 0 Å². The molecule has 0 saturated heterocycles. The van der Waals surface area contributed by atoms with Gasteiger partial charge in [-0.15, -0.1) is 0 Å². The summed E-state index contributed by atoms with van der Waals surface area (Å²) in [6.07, 6.45) is 3.64. The summed E-state index contributed by atoms with van der Waals surface area (Å²) in [7, 11) is 0. The highest BCUT2D eigenvalue weighted by atomic mass is 16.3. The van der Waals surface area contributed by atoms with Crippen molar-refractivity contribution in [2.24, 2.45) is 11.8 Å². The van der Waals surface area contributed by atoms with Gasteiger partial charge >= 0.3 is 0 Å². The van der Waals surface area contributed by atoms with Crippen molar-refractivity contribution in [2.75, 3.05) is 6.61 Å². The molecule has 1 N–H and O–H groups in total. The maximum absolute atomic E-state index is 8.97. The maximum atomic E-state index is 8.97. The zero-order valence-corrected chi connectivity index (χ0v) is 6.64. The van der Waals surface area contributed by atoms with Gasteiger partial charge in [-0.25, -0.2) is 0 Å². The van der Waals surface area contributed by atoms with E-state index >= 15 is 0 Å². The lowest BCUT2D eigenvalue weighted by atomic mass is 9.78.